The number of hydrogen-bond acceptors (Lipinski definition) is 10. The molecular formula is C62H50N10O2Pt2. The van der Waals surface area contributed by atoms with Crippen molar-refractivity contribution in [2.75, 3.05) is 33.7 Å². The Hall–Kier alpha value is -8.30. The summed E-state index contributed by atoms with van der Waals surface area (Å²) in [5.41, 5.74) is 11.5. The SMILES string of the molecule is CN1[CH-]N(c2[c-]cccc2)c2ncccc21.CN1[CH-]N(c2[c-]cccc2)c2ncccc21.Cc1ccc(-n2c3ccccc3c3ccccc32)c(O)n1.Cc1ccc(-n2c3ccccc3c3ccccc32)c(O)n1.[Pt+2].[Pt+2]. The fourth-order valence-corrected chi connectivity index (χ4v) is 9.48. The fourth-order valence-electron chi connectivity index (χ4n) is 9.48. The van der Waals surface area contributed by atoms with Crippen LogP contribution in [0.25, 0.3) is 55.0 Å². The van der Waals surface area contributed by atoms with E-state index in [-0.39, 0.29) is 53.9 Å². The van der Waals surface area contributed by atoms with E-state index in [9.17, 15) is 10.2 Å². The molecule has 0 spiro atoms. The Morgan fingerprint density at radius 1 is 0.395 bits per heavy atom. The average Bonchev–Trinajstić information content (AvgIpc) is 4.18. The Morgan fingerprint density at radius 3 is 1.07 bits per heavy atom. The molecule has 0 saturated heterocycles. The Bertz CT molecular complexity index is 3580. The van der Waals surface area contributed by atoms with Crippen molar-refractivity contribution in [3.05, 3.63) is 243 Å². The van der Waals surface area contributed by atoms with E-state index in [2.05, 4.69) is 112 Å². The van der Waals surface area contributed by atoms with Crippen LogP contribution in [-0.2, 0) is 42.1 Å². The first-order valence-electron chi connectivity index (χ1n) is 24.1. The summed E-state index contributed by atoms with van der Waals surface area (Å²) in [7, 11) is 4.03. The number of aromatic hydroxyl groups is 2. The standard InChI is InChI=1S/2C18H14N2O.2C13H11N3.2Pt/c2*1-12-10-11-17(18(21)19-12)20-15-8-4-2-6-13(15)14-7-3-5-9-16(14)20;2*1-15-10-16(11-6-3-2-4-7-11)13-12(15)8-5-9-14-13;;/h2*2-11H,1H3,(H,19,21);2*2-6,8-10H,1H3;;/q;;2*-2;2*+2. The predicted octanol–water partition coefficient (Wildman–Crippen LogP) is 13.6. The largest absolute Gasteiger partial charge is 2.00 e. The molecule has 12 nitrogen and oxygen atoms in total. The maximum atomic E-state index is 10.3. The smallest absolute Gasteiger partial charge is 0.502 e. The zero-order valence-electron chi connectivity index (χ0n) is 41.8. The van der Waals surface area contributed by atoms with Crippen LogP contribution in [0.15, 0.2) is 207 Å². The van der Waals surface area contributed by atoms with Crippen molar-refractivity contribution in [1.82, 2.24) is 29.1 Å². The summed E-state index contributed by atoms with van der Waals surface area (Å²) in [4.78, 5) is 25.3. The van der Waals surface area contributed by atoms with Crippen LogP contribution in [-0.4, -0.2) is 53.4 Å². The minimum absolute atomic E-state index is 0. The summed E-state index contributed by atoms with van der Waals surface area (Å²) in [6, 6.07) is 70.7. The third-order valence-corrected chi connectivity index (χ3v) is 12.9. The molecule has 0 saturated carbocycles. The van der Waals surface area contributed by atoms with Crippen molar-refractivity contribution >= 4 is 78.0 Å². The molecule has 2 aliphatic rings. The molecule has 14 heteroatoms. The predicted molar refractivity (Wildman–Crippen MR) is 299 cm³/mol. The van der Waals surface area contributed by atoms with E-state index in [0.29, 0.717) is 11.4 Å². The molecular weight excluding hydrogens is 1310 g/mol. The Morgan fingerprint density at radius 2 is 0.737 bits per heavy atom. The number of benzene rings is 6. The molecule has 0 amide bonds. The van der Waals surface area contributed by atoms with Crippen LogP contribution >= 0.6 is 0 Å². The summed E-state index contributed by atoms with van der Waals surface area (Å²) in [6.45, 7) is 7.78. The van der Waals surface area contributed by atoms with Crippen molar-refractivity contribution in [1.29, 1.82) is 0 Å². The van der Waals surface area contributed by atoms with E-state index >= 15 is 0 Å². The van der Waals surface area contributed by atoms with Crippen LogP contribution in [0.1, 0.15) is 11.4 Å². The fraction of sp³-hybridized carbons (Fsp3) is 0.0645. The van der Waals surface area contributed by atoms with Crippen molar-refractivity contribution in [3.8, 4) is 23.1 Å². The van der Waals surface area contributed by atoms with Crippen LogP contribution in [0.2, 0.25) is 0 Å². The number of para-hydroxylation sites is 6. The van der Waals surface area contributed by atoms with Crippen LogP contribution < -0.4 is 19.6 Å². The van der Waals surface area contributed by atoms with E-state index in [1.807, 2.05) is 197 Å². The van der Waals surface area contributed by atoms with Crippen molar-refractivity contribution in [2.45, 2.75) is 13.8 Å². The molecule has 14 rings (SSSR count). The number of aromatic nitrogens is 6. The molecule has 6 aromatic carbocycles. The van der Waals surface area contributed by atoms with Crippen molar-refractivity contribution in [3.63, 3.8) is 0 Å². The molecule has 76 heavy (non-hydrogen) atoms. The molecule has 6 aromatic heterocycles. The van der Waals surface area contributed by atoms with E-state index in [1.54, 1.807) is 0 Å². The van der Waals surface area contributed by atoms with Gasteiger partial charge >= 0.3 is 42.1 Å². The summed E-state index contributed by atoms with van der Waals surface area (Å²) in [5, 5.41) is 25.2. The minimum atomic E-state index is 0. The van der Waals surface area contributed by atoms with E-state index < -0.39 is 0 Å². The van der Waals surface area contributed by atoms with Gasteiger partial charge in [-0.1, -0.05) is 72.8 Å². The van der Waals surface area contributed by atoms with Gasteiger partial charge < -0.3 is 38.9 Å². The zero-order valence-corrected chi connectivity index (χ0v) is 46.3. The normalized spacial score (nSPS) is 12.2. The van der Waals surface area contributed by atoms with Gasteiger partial charge in [0.2, 0.25) is 11.8 Å². The molecule has 380 valence electrons. The molecule has 0 aliphatic carbocycles. The van der Waals surface area contributed by atoms with Crippen LogP contribution in [0.3, 0.4) is 0 Å². The number of pyridine rings is 4. The number of aryl methyl sites for hydroxylation is 2. The number of nitrogens with zero attached hydrogens (tertiary/aromatic N) is 10. The summed E-state index contributed by atoms with van der Waals surface area (Å²) in [5.74, 6) is 2.02. The molecule has 0 atom stereocenters. The first-order valence-corrected chi connectivity index (χ1v) is 24.1. The molecule has 2 N–H and O–H groups in total. The van der Waals surface area contributed by atoms with Crippen molar-refractivity contribution in [2.24, 2.45) is 0 Å². The van der Waals surface area contributed by atoms with Gasteiger partial charge in [-0.25, -0.2) is 19.9 Å². The van der Waals surface area contributed by atoms with Gasteiger partial charge in [0.1, 0.15) is 23.0 Å². The maximum absolute atomic E-state index is 10.3. The van der Waals surface area contributed by atoms with Gasteiger partial charge in [0.25, 0.3) is 0 Å². The number of fused-ring (bicyclic) bond motifs is 8. The summed E-state index contributed by atoms with van der Waals surface area (Å²) in [6.07, 6.45) is 3.61. The summed E-state index contributed by atoms with van der Waals surface area (Å²) < 4.78 is 4.12. The molecule has 0 unspecified atom stereocenters. The molecule has 0 radical (unpaired) electrons. The Labute approximate surface area is 470 Å². The maximum Gasteiger partial charge on any atom is 2.00 e. The van der Waals surface area contributed by atoms with E-state index in [0.717, 1.165) is 67.8 Å². The first kappa shape index (κ1) is 52.6. The topological polar surface area (TPSA) is 115 Å². The Balaban J connectivity index is 0.000000124. The molecule has 0 fully saturated rings. The molecule has 8 heterocycles. The summed E-state index contributed by atoms with van der Waals surface area (Å²) >= 11 is 0. The minimum Gasteiger partial charge on any atom is -0.502 e. The number of hydrogen-bond donors (Lipinski definition) is 2. The second-order valence-corrected chi connectivity index (χ2v) is 17.7. The van der Waals surface area contributed by atoms with Crippen LogP contribution in [0, 0.1) is 39.3 Å². The zero-order chi connectivity index (χ0) is 50.7. The van der Waals surface area contributed by atoms with Gasteiger partial charge in [-0.3, -0.25) is 0 Å². The van der Waals surface area contributed by atoms with E-state index in [1.165, 1.54) is 21.5 Å². The van der Waals surface area contributed by atoms with E-state index in [4.69, 9.17) is 0 Å². The van der Waals surface area contributed by atoms with Gasteiger partial charge in [0, 0.05) is 56.7 Å². The van der Waals surface area contributed by atoms with Crippen LogP contribution in [0.4, 0.5) is 34.4 Å². The van der Waals surface area contributed by atoms with Gasteiger partial charge in [-0.15, -0.1) is 11.4 Å². The van der Waals surface area contributed by atoms with Gasteiger partial charge in [-0.05, 0) is 101 Å². The van der Waals surface area contributed by atoms with Crippen molar-refractivity contribution < 1.29 is 52.3 Å². The third-order valence-electron chi connectivity index (χ3n) is 12.9. The average molecular weight is 1360 g/mol. The quantitative estimate of drug-likeness (QED) is 0.165. The first-order chi connectivity index (χ1) is 36.2. The number of anilines is 6. The second kappa shape index (κ2) is 23.1. The van der Waals surface area contributed by atoms with Gasteiger partial charge in [-0.2, -0.15) is 74.0 Å². The second-order valence-electron chi connectivity index (χ2n) is 17.7. The van der Waals surface area contributed by atoms with Gasteiger partial charge in [0.05, 0.1) is 22.1 Å². The molecule has 12 aromatic rings. The van der Waals surface area contributed by atoms with Crippen LogP contribution in [0.5, 0.6) is 11.8 Å². The third kappa shape index (κ3) is 10.3. The van der Waals surface area contributed by atoms with Gasteiger partial charge in [0.15, 0.2) is 0 Å². The Kier molecular flexibility index (Phi) is 16.0. The monoisotopic (exact) mass is 1360 g/mol. The number of rotatable bonds is 4. The molecule has 2 aliphatic heterocycles. The molecule has 0 bridgehead atoms.